The molecule has 0 bridgehead atoms. The van der Waals surface area contributed by atoms with E-state index in [1.54, 1.807) is 6.08 Å². The zero-order valence-electron chi connectivity index (χ0n) is 55.0. The molecule has 6 heteroatoms. The first-order valence-electron chi connectivity index (χ1n) is 37.1. The SMILES string of the molecule is CCCCCCCC/C=C\CCCCCCCCCCCC(=O)OCCCCCCCCCCCCCCCCCCCCCCC(=O)NC(CO)C(O)/C=C/CCCCCCCCCCCCCCCCCCCCCCCCC. The Morgan fingerprint density at radius 2 is 0.580 bits per heavy atom. The highest BCUT2D eigenvalue weighted by molar-refractivity contribution is 5.76. The van der Waals surface area contributed by atoms with Gasteiger partial charge in [0.2, 0.25) is 5.91 Å². The molecule has 0 spiro atoms. The maximum Gasteiger partial charge on any atom is 0.305 e. The fraction of sp³-hybridized carbons (Fsp3) is 0.920. The molecule has 0 saturated heterocycles. The minimum absolute atomic E-state index is 0.0108. The summed E-state index contributed by atoms with van der Waals surface area (Å²) >= 11 is 0. The number of unbranched alkanes of at least 4 members (excludes halogenated alkanes) is 57. The molecule has 3 N–H and O–H groups in total. The molecule has 480 valence electrons. The van der Waals surface area contributed by atoms with Gasteiger partial charge in [-0.1, -0.05) is 372 Å². The van der Waals surface area contributed by atoms with Crippen LogP contribution in [0.3, 0.4) is 0 Å². The van der Waals surface area contributed by atoms with Gasteiger partial charge in [0.25, 0.3) is 0 Å². The van der Waals surface area contributed by atoms with Crippen molar-refractivity contribution in [2.45, 2.75) is 431 Å². The average Bonchev–Trinajstić information content (AvgIpc) is 3.47. The summed E-state index contributed by atoms with van der Waals surface area (Å²) < 4.78 is 5.51. The Morgan fingerprint density at radius 1 is 0.333 bits per heavy atom. The number of esters is 1. The predicted molar refractivity (Wildman–Crippen MR) is 356 cm³/mol. The highest BCUT2D eigenvalue weighted by atomic mass is 16.5. The number of rotatable bonds is 70. The van der Waals surface area contributed by atoms with Crippen molar-refractivity contribution in [1.29, 1.82) is 0 Å². The first-order chi connectivity index (χ1) is 40.0. The fourth-order valence-corrected chi connectivity index (χ4v) is 11.8. The van der Waals surface area contributed by atoms with E-state index in [2.05, 4.69) is 31.3 Å². The Balaban J connectivity index is 3.40. The summed E-state index contributed by atoms with van der Waals surface area (Å²) in [6.07, 6.45) is 89.8. The molecule has 0 rings (SSSR count). The number of carbonyl (C=O) groups excluding carboxylic acids is 2. The second-order valence-corrected chi connectivity index (χ2v) is 25.6. The molecule has 0 aliphatic rings. The molecule has 6 nitrogen and oxygen atoms in total. The molecule has 81 heavy (non-hydrogen) atoms. The van der Waals surface area contributed by atoms with Crippen LogP contribution < -0.4 is 5.32 Å². The van der Waals surface area contributed by atoms with Gasteiger partial charge in [0.05, 0.1) is 25.4 Å². The number of aliphatic hydroxyl groups is 2. The number of ether oxygens (including phenoxy) is 1. The molecule has 0 aromatic carbocycles. The number of aliphatic hydroxyl groups excluding tert-OH is 2. The summed E-state index contributed by atoms with van der Waals surface area (Å²) in [6.45, 7) is 4.94. The molecule has 2 unspecified atom stereocenters. The second-order valence-electron chi connectivity index (χ2n) is 25.6. The average molecular weight is 1140 g/mol. The lowest BCUT2D eigenvalue weighted by Crippen LogP contribution is -2.45. The van der Waals surface area contributed by atoms with Gasteiger partial charge in [-0.2, -0.15) is 0 Å². The van der Waals surface area contributed by atoms with E-state index in [1.807, 2.05) is 6.08 Å². The van der Waals surface area contributed by atoms with Gasteiger partial charge in [-0.15, -0.1) is 0 Å². The molecule has 2 atom stereocenters. The molecule has 0 saturated carbocycles. The first-order valence-corrected chi connectivity index (χ1v) is 37.1. The predicted octanol–water partition coefficient (Wildman–Crippen LogP) is 24.1. The number of allylic oxidation sites excluding steroid dienone is 3. The number of hydrogen-bond donors (Lipinski definition) is 3. The lowest BCUT2D eigenvalue weighted by molar-refractivity contribution is -0.143. The third kappa shape index (κ3) is 67.3. The molecule has 0 aliphatic heterocycles. The Morgan fingerprint density at radius 3 is 0.877 bits per heavy atom. The van der Waals surface area contributed by atoms with E-state index in [4.69, 9.17) is 4.74 Å². The standard InChI is InChI=1S/C75H145NO5/c1-3-5-7-9-11-13-15-17-19-21-23-24-25-26-27-28-32-35-39-43-47-51-55-59-63-67-73(78)72(71-77)76-74(79)68-64-60-56-52-48-44-40-36-33-29-30-34-38-42-46-50-54-58-62-66-70-81-75(80)69-65-61-57-53-49-45-41-37-31-22-20-18-16-14-12-10-8-6-4-2/h18,20,63,67,72-73,77-78H,3-17,19,21-62,64-66,68-71H2,1-2H3,(H,76,79)/b20-18-,67-63+. The van der Waals surface area contributed by atoms with E-state index in [1.165, 1.54) is 347 Å². The van der Waals surface area contributed by atoms with Gasteiger partial charge >= 0.3 is 5.97 Å². The van der Waals surface area contributed by atoms with Crippen molar-refractivity contribution < 1.29 is 24.5 Å². The fourth-order valence-electron chi connectivity index (χ4n) is 11.8. The van der Waals surface area contributed by atoms with Crippen LogP contribution in [0.25, 0.3) is 0 Å². The Hall–Kier alpha value is -1.66. The van der Waals surface area contributed by atoms with Crippen LogP contribution in [0, 0.1) is 0 Å². The summed E-state index contributed by atoms with van der Waals surface area (Å²) in [5, 5.41) is 23.3. The van der Waals surface area contributed by atoms with Gasteiger partial charge in [0, 0.05) is 12.8 Å². The number of hydrogen-bond acceptors (Lipinski definition) is 5. The molecule has 0 aliphatic carbocycles. The second kappa shape index (κ2) is 70.8. The first kappa shape index (κ1) is 79.3. The van der Waals surface area contributed by atoms with Gasteiger partial charge in [0.15, 0.2) is 0 Å². The van der Waals surface area contributed by atoms with E-state index in [9.17, 15) is 19.8 Å². The van der Waals surface area contributed by atoms with Crippen LogP contribution in [-0.2, 0) is 14.3 Å². The Kier molecular flexibility index (Phi) is 69.4. The molecule has 0 fully saturated rings. The van der Waals surface area contributed by atoms with Gasteiger partial charge in [-0.05, 0) is 57.8 Å². The molecular weight excluding hydrogens is 995 g/mol. The number of nitrogens with one attached hydrogen (secondary N) is 1. The van der Waals surface area contributed by atoms with Crippen LogP contribution in [0.5, 0.6) is 0 Å². The number of amides is 1. The minimum Gasteiger partial charge on any atom is -0.466 e. The third-order valence-corrected chi connectivity index (χ3v) is 17.5. The summed E-state index contributed by atoms with van der Waals surface area (Å²) in [5.41, 5.74) is 0. The van der Waals surface area contributed by atoms with Crippen LogP contribution in [-0.4, -0.2) is 47.4 Å². The van der Waals surface area contributed by atoms with Crippen molar-refractivity contribution in [2.75, 3.05) is 13.2 Å². The van der Waals surface area contributed by atoms with Crippen molar-refractivity contribution in [1.82, 2.24) is 5.32 Å². The molecule has 1 amide bonds. The van der Waals surface area contributed by atoms with Gasteiger partial charge in [0.1, 0.15) is 0 Å². The maximum absolute atomic E-state index is 12.5. The van der Waals surface area contributed by atoms with E-state index in [0.717, 1.165) is 44.9 Å². The molecule has 0 aromatic heterocycles. The Bertz CT molecular complexity index is 1270. The maximum atomic E-state index is 12.5. The van der Waals surface area contributed by atoms with Crippen molar-refractivity contribution in [3.63, 3.8) is 0 Å². The quantitative estimate of drug-likeness (QED) is 0.0320. The van der Waals surface area contributed by atoms with Crippen molar-refractivity contribution in [2.24, 2.45) is 0 Å². The van der Waals surface area contributed by atoms with E-state index in [-0.39, 0.29) is 18.5 Å². The van der Waals surface area contributed by atoms with Crippen molar-refractivity contribution in [3.8, 4) is 0 Å². The number of carbonyl (C=O) groups is 2. The summed E-state index contributed by atoms with van der Waals surface area (Å²) in [6, 6.07) is -0.631. The minimum atomic E-state index is -0.848. The van der Waals surface area contributed by atoms with Gasteiger partial charge < -0.3 is 20.3 Å². The largest absolute Gasteiger partial charge is 0.466 e. The van der Waals surface area contributed by atoms with Crippen molar-refractivity contribution in [3.05, 3.63) is 24.3 Å². The summed E-state index contributed by atoms with van der Waals surface area (Å²) in [4.78, 5) is 24.7. The van der Waals surface area contributed by atoms with Crippen LogP contribution in [0.15, 0.2) is 24.3 Å². The lowest BCUT2D eigenvalue weighted by atomic mass is 10.0. The zero-order chi connectivity index (χ0) is 58.5. The monoisotopic (exact) mass is 1140 g/mol. The molecule has 0 aromatic rings. The Labute approximate surface area is 507 Å². The van der Waals surface area contributed by atoms with Crippen molar-refractivity contribution >= 4 is 11.9 Å². The van der Waals surface area contributed by atoms with E-state index < -0.39 is 12.1 Å². The zero-order valence-corrected chi connectivity index (χ0v) is 55.0. The molecular formula is C75H145NO5. The summed E-state index contributed by atoms with van der Waals surface area (Å²) in [5.74, 6) is -0.0541. The van der Waals surface area contributed by atoms with Crippen LogP contribution in [0.2, 0.25) is 0 Å². The topological polar surface area (TPSA) is 95.9 Å². The van der Waals surface area contributed by atoms with E-state index >= 15 is 0 Å². The smallest absolute Gasteiger partial charge is 0.305 e. The third-order valence-electron chi connectivity index (χ3n) is 17.5. The van der Waals surface area contributed by atoms with Crippen LogP contribution >= 0.6 is 0 Å². The van der Waals surface area contributed by atoms with Gasteiger partial charge in [-0.3, -0.25) is 9.59 Å². The van der Waals surface area contributed by atoms with E-state index in [0.29, 0.717) is 19.4 Å². The molecule has 0 radical (unpaired) electrons. The highest BCUT2D eigenvalue weighted by Gasteiger charge is 2.18. The highest BCUT2D eigenvalue weighted by Crippen LogP contribution is 2.19. The normalized spacial score (nSPS) is 12.6. The van der Waals surface area contributed by atoms with Crippen LogP contribution in [0.1, 0.15) is 418 Å². The lowest BCUT2D eigenvalue weighted by Gasteiger charge is -2.20. The van der Waals surface area contributed by atoms with Gasteiger partial charge in [-0.25, -0.2) is 0 Å². The molecule has 0 heterocycles. The van der Waals surface area contributed by atoms with Crippen LogP contribution in [0.4, 0.5) is 0 Å². The summed E-state index contributed by atoms with van der Waals surface area (Å²) in [7, 11) is 0.